The molecule has 0 bridgehead atoms. The van der Waals surface area contributed by atoms with Gasteiger partial charge in [-0.2, -0.15) is 0 Å². The van der Waals surface area contributed by atoms with E-state index in [4.69, 9.17) is 9.47 Å². The summed E-state index contributed by atoms with van der Waals surface area (Å²) in [6.07, 6.45) is 8.54. The molecule has 0 saturated carbocycles. The van der Waals surface area contributed by atoms with E-state index >= 15 is 0 Å². The van der Waals surface area contributed by atoms with Gasteiger partial charge in [-0.05, 0) is 25.1 Å². The molecule has 0 aliphatic heterocycles. The fourth-order valence-electron chi connectivity index (χ4n) is 3.77. The minimum atomic E-state index is -0.277. The van der Waals surface area contributed by atoms with E-state index in [1.165, 1.54) is 18.8 Å². The molecular weight excluding hydrogens is 462 g/mol. The molecule has 0 spiro atoms. The Kier molecular flexibility index (Phi) is 7.00. The van der Waals surface area contributed by atoms with Crippen LogP contribution in [-0.2, 0) is 20.6 Å². The second-order valence-electron chi connectivity index (χ2n) is 7.96. The number of fused-ring (bicyclic) bond motifs is 1. The number of hydrogen-bond acceptors (Lipinski definition) is 8. The van der Waals surface area contributed by atoms with E-state index in [1.54, 1.807) is 50.0 Å². The average Bonchev–Trinajstić information content (AvgIpc) is 3.30. The van der Waals surface area contributed by atoms with Crippen LogP contribution in [0.2, 0.25) is 0 Å². The first-order chi connectivity index (χ1) is 17.4. The number of carbonyl (C=O) groups is 1. The van der Waals surface area contributed by atoms with Gasteiger partial charge in [-0.1, -0.05) is 12.2 Å². The third kappa shape index (κ3) is 4.63. The van der Waals surface area contributed by atoms with Crippen LogP contribution < -0.4 is 25.7 Å². The van der Waals surface area contributed by atoms with Gasteiger partial charge >= 0.3 is 0 Å². The van der Waals surface area contributed by atoms with Crippen molar-refractivity contribution < 1.29 is 14.3 Å². The maximum Gasteiger partial charge on any atom is 0.293 e. The lowest BCUT2D eigenvalue weighted by atomic mass is 10.1. The van der Waals surface area contributed by atoms with Crippen molar-refractivity contribution in [1.29, 1.82) is 0 Å². The van der Waals surface area contributed by atoms with Crippen LogP contribution in [-0.4, -0.2) is 44.2 Å². The lowest BCUT2D eigenvalue weighted by Gasteiger charge is -2.14. The van der Waals surface area contributed by atoms with Crippen molar-refractivity contribution >= 4 is 34.7 Å². The predicted molar refractivity (Wildman–Crippen MR) is 137 cm³/mol. The first-order valence-electron chi connectivity index (χ1n) is 11.1. The number of methoxy groups -OCH3 is 2. The fraction of sp³-hybridized carbons (Fsp3) is 0.240. The zero-order valence-electron chi connectivity index (χ0n) is 20.7. The summed E-state index contributed by atoms with van der Waals surface area (Å²) in [7, 11) is 6.48. The second-order valence-corrected chi connectivity index (χ2v) is 7.96. The molecule has 0 aliphatic carbocycles. The van der Waals surface area contributed by atoms with E-state index in [2.05, 4.69) is 25.6 Å². The number of ether oxygens (including phenoxy) is 2. The Labute approximate surface area is 207 Å². The van der Waals surface area contributed by atoms with Gasteiger partial charge in [0.15, 0.2) is 5.75 Å². The number of hydrogen-bond donors (Lipinski definition) is 2. The molecule has 11 heteroatoms. The van der Waals surface area contributed by atoms with Crippen molar-refractivity contribution in [3.8, 4) is 11.5 Å². The number of nitrogens with zero attached hydrogens (tertiary/aromatic N) is 5. The van der Waals surface area contributed by atoms with Crippen molar-refractivity contribution in [2.24, 2.45) is 14.1 Å². The third-order valence-corrected chi connectivity index (χ3v) is 5.72. The van der Waals surface area contributed by atoms with Crippen LogP contribution in [0.4, 0.5) is 11.6 Å². The molecule has 0 radical (unpaired) electrons. The summed E-state index contributed by atoms with van der Waals surface area (Å²) in [4.78, 5) is 38.4. The van der Waals surface area contributed by atoms with Crippen molar-refractivity contribution in [3.05, 3.63) is 70.2 Å². The Morgan fingerprint density at radius 1 is 1.17 bits per heavy atom. The summed E-state index contributed by atoms with van der Waals surface area (Å²) < 4.78 is 14.2. The molecule has 2 N–H and O–H groups in total. The molecule has 4 rings (SSSR count). The van der Waals surface area contributed by atoms with E-state index < -0.39 is 0 Å². The van der Waals surface area contributed by atoms with Crippen LogP contribution >= 0.6 is 0 Å². The summed E-state index contributed by atoms with van der Waals surface area (Å²) in [5, 5.41) is 6.02. The Morgan fingerprint density at radius 3 is 2.64 bits per heavy atom. The highest BCUT2D eigenvalue weighted by molar-refractivity contribution is 5.95. The Morgan fingerprint density at radius 2 is 1.97 bits per heavy atom. The summed E-state index contributed by atoms with van der Waals surface area (Å²) in [6, 6.07) is 5.04. The number of pyridine rings is 1. The maximum atomic E-state index is 12.7. The number of aromatic nitrogens is 5. The molecule has 36 heavy (non-hydrogen) atoms. The lowest BCUT2D eigenvalue weighted by molar-refractivity contribution is 0.0950. The van der Waals surface area contributed by atoms with E-state index in [-0.39, 0.29) is 17.2 Å². The molecule has 0 saturated heterocycles. The molecule has 0 atom stereocenters. The van der Waals surface area contributed by atoms with Crippen molar-refractivity contribution in [3.63, 3.8) is 0 Å². The molecule has 3 aromatic heterocycles. The topological polar surface area (TPSA) is 125 Å². The highest BCUT2D eigenvalue weighted by Gasteiger charge is 2.17. The van der Waals surface area contributed by atoms with E-state index in [0.29, 0.717) is 46.1 Å². The van der Waals surface area contributed by atoms with Crippen LogP contribution in [0, 0.1) is 0 Å². The normalized spacial score (nSPS) is 11.1. The summed E-state index contributed by atoms with van der Waals surface area (Å²) in [5.74, 6) is 0.693. The molecule has 1 amide bonds. The maximum absolute atomic E-state index is 12.7. The SMILES string of the molecule is C/C=C/c1c(OC)c(=O)n(C)c2cnc(Nc3ccc(C(=O)NCc4cncn4C)cc3OC)nc12. The Bertz CT molecular complexity index is 1520. The molecular formula is C25H27N7O4. The molecule has 0 aliphatic rings. The molecule has 0 unspecified atom stereocenters. The Hall–Kier alpha value is -4.67. The standard InChI is InChI=1S/C25H27N7O4/c1-6-7-17-21-19(32(3)24(34)22(17)36-5)13-28-25(30-21)29-18-9-8-15(10-20(18)35-4)23(33)27-12-16-11-26-14-31(16)2/h6-11,13-14H,12H2,1-5H3,(H,27,33)(H,28,29,30)/b7-6+. The summed E-state index contributed by atoms with van der Waals surface area (Å²) >= 11 is 0. The van der Waals surface area contributed by atoms with Crippen molar-refractivity contribution in [2.75, 3.05) is 19.5 Å². The number of carbonyl (C=O) groups excluding carboxylic acids is 1. The van der Waals surface area contributed by atoms with Gasteiger partial charge in [0.2, 0.25) is 5.95 Å². The number of amides is 1. The monoisotopic (exact) mass is 489 g/mol. The van der Waals surface area contributed by atoms with Crippen molar-refractivity contribution in [2.45, 2.75) is 13.5 Å². The van der Waals surface area contributed by atoms with Gasteiger partial charge in [-0.3, -0.25) is 9.59 Å². The van der Waals surface area contributed by atoms with Gasteiger partial charge in [0.05, 0.1) is 55.7 Å². The second kappa shape index (κ2) is 10.3. The number of benzene rings is 1. The molecule has 3 heterocycles. The third-order valence-electron chi connectivity index (χ3n) is 5.72. The average molecular weight is 490 g/mol. The highest BCUT2D eigenvalue weighted by atomic mass is 16.5. The molecule has 11 nitrogen and oxygen atoms in total. The van der Waals surface area contributed by atoms with Gasteiger partial charge in [-0.15, -0.1) is 0 Å². The summed E-state index contributed by atoms with van der Waals surface area (Å²) in [6.45, 7) is 2.20. The van der Waals surface area contributed by atoms with Crippen LogP contribution in [0.15, 0.2) is 47.8 Å². The largest absolute Gasteiger partial charge is 0.495 e. The van der Waals surface area contributed by atoms with Gasteiger partial charge in [0.1, 0.15) is 11.3 Å². The van der Waals surface area contributed by atoms with E-state index in [0.717, 1.165) is 5.69 Å². The smallest absolute Gasteiger partial charge is 0.293 e. The first-order valence-corrected chi connectivity index (χ1v) is 11.1. The van der Waals surface area contributed by atoms with Crippen LogP contribution in [0.5, 0.6) is 11.5 Å². The molecule has 0 fully saturated rings. The number of rotatable bonds is 8. The number of aryl methyl sites for hydroxylation is 2. The van der Waals surface area contributed by atoms with Crippen LogP contribution in [0.25, 0.3) is 17.1 Å². The number of nitrogens with one attached hydrogen (secondary N) is 2. The zero-order chi connectivity index (χ0) is 25.8. The minimum Gasteiger partial charge on any atom is -0.495 e. The van der Waals surface area contributed by atoms with E-state index in [1.807, 2.05) is 24.6 Å². The molecule has 1 aromatic carbocycles. The first kappa shape index (κ1) is 24.5. The zero-order valence-corrected chi connectivity index (χ0v) is 20.7. The van der Waals surface area contributed by atoms with Crippen LogP contribution in [0.1, 0.15) is 28.5 Å². The minimum absolute atomic E-state index is 0.201. The molecule has 4 aromatic rings. The van der Waals surface area contributed by atoms with Crippen molar-refractivity contribution in [1.82, 2.24) is 29.4 Å². The lowest BCUT2D eigenvalue weighted by Crippen LogP contribution is -2.23. The van der Waals surface area contributed by atoms with Gasteiger partial charge in [0.25, 0.3) is 11.5 Å². The highest BCUT2D eigenvalue weighted by Crippen LogP contribution is 2.29. The molecule has 186 valence electrons. The summed E-state index contributed by atoms with van der Waals surface area (Å²) in [5.41, 5.74) is 3.30. The Balaban J connectivity index is 1.64. The number of anilines is 2. The van der Waals surface area contributed by atoms with Gasteiger partial charge in [-0.25, -0.2) is 15.0 Å². The van der Waals surface area contributed by atoms with Gasteiger partial charge in [0, 0.05) is 25.9 Å². The quantitative estimate of drug-likeness (QED) is 0.387. The fourth-order valence-corrected chi connectivity index (χ4v) is 3.77. The number of imidazole rings is 1. The predicted octanol–water partition coefficient (Wildman–Crippen LogP) is 2.79. The van der Waals surface area contributed by atoms with E-state index in [9.17, 15) is 9.59 Å². The van der Waals surface area contributed by atoms with Crippen LogP contribution in [0.3, 0.4) is 0 Å². The number of allylic oxidation sites excluding steroid dienone is 1. The van der Waals surface area contributed by atoms with Gasteiger partial charge < -0.3 is 29.2 Å².